The van der Waals surface area contributed by atoms with E-state index in [-0.39, 0.29) is 6.09 Å². The second kappa shape index (κ2) is 11.1. The molecule has 2 aromatic carbocycles. The van der Waals surface area contributed by atoms with Gasteiger partial charge in [0.15, 0.2) is 0 Å². The van der Waals surface area contributed by atoms with Gasteiger partial charge in [0.1, 0.15) is 0 Å². The number of nitrogens with zero attached hydrogens (tertiary/aromatic N) is 2. The van der Waals surface area contributed by atoms with Crippen LogP contribution in [0.15, 0.2) is 48.5 Å². The summed E-state index contributed by atoms with van der Waals surface area (Å²) in [5.41, 5.74) is 5.32. The molecule has 1 aliphatic heterocycles. The number of anilines is 2. The van der Waals surface area contributed by atoms with E-state index in [0.717, 1.165) is 45.1 Å². The van der Waals surface area contributed by atoms with Crippen molar-refractivity contribution < 1.29 is 9.53 Å². The molecule has 1 heterocycles. The number of rotatable bonds is 9. The Morgan fingerprint density at radius 2 is 1.59 bits per heavy atom. The highest BCUT2D eigenvalue weighted by molar-refractivity contribution is 6.17. The van der Waals surface area contributed by atoms with E-state index < -0.39 is 0 Å². The predicted octanol–water partition coefficient (Wildman–Crippen LogP) is 5.79. The van der Waals surface area contributed by atoms with Gasteiger partial charge in [-0.25, -0.2) is 4.79 Å². The van der Waals surface area contributed by atoms with Crippen LogP contribution in [0.4, 0.5) is 16.2 Å². The van der Waals surface area contributed by atoms with Crippen molar-refractivity contribution in [3.63, 3.8) is 0 Å². The summed E-state index contributed by atoms with van der Waals surface area (Å²) in [6, 6.07) is 17.3. The van der Waals surface area contributed by atoms with Gasteiger partial charge in [0.25, 0.3) is 0 Å². The third-order valence-electron chi connectivity index (χ3n) is 5.42. The molecular weight excluding hydrogens is 384 g/mol. The smallest absolute Gasteiger partial charge is 0.409 e. The Bertz CT molecular complexity index is 748. The maximum Gasteiger partial charge on any atom is 0.409 e. The van der Waals surface area contributed by atoms with Crippen LogP contribution in [-0.4, -0.2) is 43.6 Å². The number of benzene rings is 2. The number of carbonyl (C=O) groups excluding carboxylic acids is 1. The lowest BCUT2D eigenvalue weighted by Gasteiger charge is -2.28. The van der Waals surface area contributed by atoms with Gasteiger partial charge in [-0.1, -0.05) is 36.4 Å². The molecule has 1 aliphatic rings. The molecule has 3 rings (SSSR count). The zero-order chi connectivity index (χ0) is 20.5. The molecule has 0 saturated heterocycles. The average Bonchev–Trinajstić information content (AvgIpc) is 2.91. The number of para-hydroxylation sites is 2. The summed E-state index contributed by atoms with van der Waals surface area (Å²) in [6.07, 6.45) is 5.57. The first-order valence-corrected chi connectivity index (χ1v) is 11.1. The number of halogens is 1. The van der Waals surface area contributed by atoms with Gasteiger partial charge in [-0.15, -0.1) is 11.6 Å². The number of aryl methyl sites for hydroxylation is 2. The quantitative estimate of drug-likeness (QED) is 0.384. The minimum atomic E-state index is -0.243. The maximum absolute atomic E-state index is 12.2. The third-order valence-corrected chi connectivity index (χ3v) is 5.69. The van der Waals surface area contributed by atoms with Gasteiger partial charge in [-0.05, 0) is 61.8 Å². The standard InChI is InChI=1S/C24H31ClN2O2/c1-26(24(28)29-19-8-2-7-16-25)17-9-18-27-22-12-5-3-10-20(22)14-15-21-11-4-6-13-23(21)27/h3-6,10-13H,2,7-9,14-19H2,1H3. The van der Waals surface area contributed by atoms with E-state index in [1.807, 2.05) is 7.05 Å². The van der Waals surface area contributed by atoms with Crippen molar-refractivity contribution >= 4 is 29.1 Å². The van der Waals surface area contributed by atoms with Crippen molar-refractivity contribution in [3.8, 4) is 0 Å². The van der Waals surface area contributed by atoms with E-state index in [4.69, 9.17) is 16.3 Å². The molecule has 1 amide bonds. The molecule has 0 atom stereocenters. The van der Waals surface area contributed by atoms with Crippen LogP contribution in [0.1, 0.15) is 36.8 Å². The average molecular weight is 415 g/mol. The summed E-state index contributed by atoms with van der Waals surface area (Å²) in [4.78, 5) is 16.3. The summed E-state index contributed by atoms with van der Waals surface area (Å²) in [5, 5.41) is 0. The van der Waals surface area contributed by atoms with Gasteiger partial charge in [-0.3, -0.25) is 0 Å². The lowest BCUT2D eigenvalue weighted by atomic mass is 10.0. The van der Waals surface area contributed by atoms with Gasteiger partial charge >= 0.3 is 6.09 Å². The van der Waals surface area contributed by atoms with E-state index in [2.05, 4.69) is 53.4 Å². The number of fused-ring (bicyclic) bond motifs is 2. The number of amides is 1. The lowest BCUT2D eigenvalue weighted by molar-refractivity contribution is 0.109. The Hall–Kier alpha value is -2.20. The normalized spacial score (nSPS) is 12.7. The molecule has 156 valence electrons. The molecule has 0 fully saturated rings. The van der Waals surface area contributed by atoms with Crippen LogP contribution in [0.2, 0.25) is 0 Å². The SMILES string of the molecule is CN(CCCN1c2ccccc2CCc2ccccc21)C(=O)OCCCCCCl. The minimum Gasteiger partial charge on any atom is -0.449 e. The van der Waals surface area contributed by atoms with Gasteiger partial charge in [0.05, 0.1) is 6.61 Å². The van der Waals surface area contributed by atoms with Crippen molar-refractivity contribution in [1.29, 1.82) is 0 Å². The Morgan fingerprint density at radius 3 is 2.21 bits per heavy atom. The second-order valence-corrected chi connectivity index (χ2v) is 7.93. The number of hydrogen-bond acceptors (Lipinski definition) is 3. The molecule has 0 saturated carbocycles. The number of ether oxygens (including phenoxy) is 1. The number of alkyl halides is 1. The van der Waals surface area contributed by atoms with Crippen LogP contribution < -0.4 is 4.90 Å². The lowest BCUT2D eigenvalue weighted by Crippen LogP contribution is -2.31. The Kier molecular flexibility index (Phi) is 8.24. The highest BCUT2D eigenvalue weighted by Crippen LogP contribution is 2.35. The molecule has 5 heteroatoms. The van der Waals surface area contributed by atoms with Crippen LogP contribution >= 0.6 is 11.6 Å². The van der Waals surface area contributed by atoms with Crippen LogP contribution in [0.5, 0.6) is 0 Å². The molecule has 2 aromatic rings. The Morgan fingerprint density at radius 1 is 0.966 bits per heavy atom. The second-order valence-electron chi connectivity index (χ2n) is 7.55. The van der Waals surface area contributed by atoms with Gasteiger partial charge in [0.2, 0.25) is 0 Å². The van der Waals surface area contributed by atoms with Crippen LogP contribution in [0, 0.1) is 0 Å². The fraction of sp³-hybridized carbons (Fsp3) is 0.458. The van der Waals surface area contributed by atoms with E-state index in [0.29, 0.717) is 19.0 Å². The molecular formula is C24H31ClN2O2. The van der Waals surface area contributed by atoms with Crippen LogP contribution in [-0.2, 0) is 17.6 Å². The molecule has 0 aliphatic carbocycles. The fourth-order valence-corrected chi connectivity index (χ4v) is 4.00. The minimum absolute atomic E-state index is 0.243. The highest BCUT2D eigenvalue weighted by atomic mass is 35.5. The Labute approximate surface area is 179 Å². The maximum atomic E-state index is 12.2. The van der Waals surface area contributed by atoms with Crippen molar-refractivity contribution in [3.05, 3.63) is 59.7 Å². The first-order valence-electron chi connectivity index (χ1n) is 10.6. The van der Waals surface area contributed by atoms with E-state index >= 15 is 0 Å². The molecule has 0 N–H and O–H groups in total. The van der Waals surface area contributed by atoms with Crippen molar-refractivity contribution in [1.82, 2.24) is 4.90 Å². The molecule has 0 spiro atoms. The molecule has 0 radical (unpaired) electrons. The Balaban J connectivity index is 1.57. The van der Waals surface area contributed by atoms with E-state index in [1.165, 1.54) is 22.5 Å². The predicted molar refractivity (Wildman–Crippen MR) is 120 cm³/mol. The summed E-state index contributed by atoms with van der Waals surface area (Å²) in [7, 11) is 1.81. The van der Waals surface area contributed by atoms with E-state index in [1.54, 1.807) is 4.90 Å². The zero-order valence-corrected chi connectivity index (χ0v) is 18.0. The van der Waals surface area contributed by atoms with Crippen molar-refractivity contribution in [2.24, 2.45) is 0 Å². The topological polar surface area (TPSA) is 32.8 Å². The molecule has 4 nitrogen and oxygen atoms in total. The summed E-state index contributed by atoms with van der Waals surface area (Å²) in [6.45, 7) is 2.00. The molecule has 0 unspecified atom stereocenters. The van der Waals surface area contributed by atoms with Crippen molar-refractivity contribution in [2.45, 2.75) is 38.5 Å². The number of carbonyl (C=O) groups is 1. The monoisotopic (exact) mass is 414 g/mol. The van der Waals surface area contributed by atoms with Gasteiger partial charge in [0, 0.05) is 37.4 Å². The molecule has 0 aromatic heterocycles. The zero-order valence-electron chi connectivity index (χ0n) is 17.3. The van der Waals surface area contributed by atoms with Crippen molar-refractivity contribution in [2.75, 3.05) is 37.5 Å². The third kappa shape index (κ3) is 5.89. The largest absolute Gasteiger partial charge is 0.449 e. The van der Waals surface area contributed by atoms with Gasteiger partial charge in [-0.2, -0.15) is 0 Å². The van der Waals surface area contributed by atoms with Crippen LogP contribution in [0.25, 0.3) is 0 Å². The van der Waals surface area contributed by atoms with E-state index in [9.17, 15) is 4.79 Å². The molecule has 29 heavy (non-hydrogen) atoms. The fourth-order valence-electron chi connectivity index (χ4n) is 3.81. The number of unbranched alkanes of at least 4 members (excludes halogenated alkanes) is 2. The van der Waals surface area contributed by atoms with Gasteiger partial charge < -0.3 is 14.5 Å². The number of hydrogen-bond donors (Lipinski definition) is 0. The first kappa shape index (κ1) is 21.5. The first-order chi connectivity index (χ1) is 14.2. The van der Waals surface area contributed by atoms with Crippen LogP contribution in [0.3, 0.4) is 0 Å². The summed E-state index contributed by atoms with van der Waals surface area (Å²) in [5.74, 6) is 0.663. The summed E-state index contributed by atoms with van der Waals surface area (Å²) >= 11 is 5.67. The molecule has 0 bridgehead atoms. The summed E-state index contributed by atoms with van der Waals surface area (Å²) < 4.78 is 5.36. The highest BCUT2D eigenvalue weighted by Gasteiger charge is 2.20.